The van der Waals surface area contributed by atoms with Gasteiger partial charge in [-0.1, -0.05) is 6.92 Å². The van der Waals surface area contributed by atoms with E-state index in [-0.39, 0.29) is 35.8 Å². The second kappa shape index (κ2) is 6.45. The van der Waals surface area contributed by atoms with E-state index in [2.05, 4.69) is 10.6 Å². The molecular formula is C15H25N3O3. The monoisotopic (exact) mass is 295 g/mol. The normalized spacial score (nSPS) is 29.8. The standard InChI is InChI=1S/C15H25N3O3/c1-4-9(2)16-14(20)13-8-6-11-5-7-12(17-10(3)19)15(21)18(11)13/h9,11-13H,4-8H2,1-3H3,(H,16,20)(H,17,19)/t9-,11?,12-,13-/m0/s1. The van der Waals surface area contributed by atoms with Gasteiger partial charge in [0.25, 0.3) is 0 Å². The highest BCUT2D eigenvalue weighted by molar-refractivity contribution is 5.93. The summed E-state index contributed by atoms with van der Waals surface area (Å²) in [5, 5.41) is 5.65. The third kappa shape index (κ3) is 3.36. The number of hydrogen-bond donors (Lipinski definition) is 2. The summed E-state index contributed by atoms with van der Waals surface area (Å²) < 4.78 is 0. The van der Waals surface area contributed by atoms with E-state index in [1.807, 2.05) is 13.8 Å². The van der Waals surface area contributed by atoms with Crippen molar-refractivity contribution in [1.82, 2.24) is 15.5 Å². The number of hydrogen-bond acceptors (Lipinski definition) is 3. The van der Waals surface area contributed by atoms with Crippen molar-refractivity contribution < 1.29 is 14.4 Å². The van der Waals surface area contributed by atoms with Crippen molar-refractivity contribution in [2.75, 3.05) is 0 Å². The molecular weight excluding hydrogens is 270 g/mol. The van der Waals surface area contributed by atoms with Gasteiger partial charge in [0.2, 0.25) is 17.7 Å². The zero-order valence-electron chi connectivity index (χ0n) is 13.0. The van der Waals surface area contributed by atoms with Crippen LogP contribution in [0.1, 0.15) is 52.9 Å². The second-order valence-corrected chi connectivity index (χ2v) is 6.14. The fourth-order valence-corrected chi connectivity index (χ4v) is 3.24. The molecule has 0 spiro atoms. The average Bonchev–Trinajstić information content (AvgIpc) is 2.86. The molecule has 2 saturated heterocycles. The van der Waals surface area contributed by atoms with Crippen LogP contribution in [0.2, 0.25) is 0 Å². The van der Waals surface area contributed by atoms with Gasteiger partial charge in [0.1, 0.15) is 12.1 Å². The molecule has 118 valence electrons. The fourth-order valence-electron chi connectivity index (χ4n) is 3.24. The lowest BCUT2D eigenvalue weighted by molar-refractivity contribution is -0.146. The summed E-state index contributed by atoms with van der Waals surface area (Å²) in [4.78, 5) is 37.8. The van der Waals surface area contributed by atoms with Crippen LogP contribution in [0.3, 0.4) is 0 Å². The van der Waals surface area contributed by atoms with E-state index >= 15 is 0 Å². The van der Waals surface area contributed by atoms with Crippen LogP contribution in [-0.2, 0) is 14.4 Å². The summed E-state index contributed by atoms with van der Waals surface area (Å²) in [5.41, 5.74) is 0. The van der Waals surface area contributed by atoms with Gasteiger partial charge in [0, 0.05) is 19.0 Å². The van der Waals surface area contributed by atoms with E-state index in [4.69, 9.17) is 0 Å². The molecule has 0 aromatic heterocycles. The van der Waals surface area contributed by atoms with Crippen LogP contribution in [-0.4, -0.2) is 46.8 Å². The molecule has 6 nitrogen and oxygen atoms in total. The molecule has 6 heteroatoms. The molecule has 0 aliphatic carbocycles. The predicted molar refractivity (Wildman–Crippen MR) is 78.4 cm³/mol. The summed E-state index contributed by atoms with van der Waals surface area (Å²) in [6.07, 6.45) is 3.97. The molecule has 2 aliphatic rings. The van der Waals surface area contributed by atoms with Crippen molar-refractivity contribution in [1.29, 1.82) is 0 Å². The van der Waals surface area contributed by atoms with Crippen LogP contribution in [0.25, 0.3) is 0 Å². The zero-order valence-corrected chi connectivity index (χ0v) is 13.0. The van der Waals surface area contributed by atoms with E-state index in [0.29, 0.717) is 12.8 Å². The maximum atomic E-state index is 12.5. The minimum atomic E-state index is -0.476. The molecule has 2 heterocycles. The molecule has 1 unspecified atom stereocenters. The highest BCUT2D eigenvalue weighted by Gasteiger charge is 2.46. The van der Waals surface area contributed by atoms with Crippen LogP contribution in [0.15, 0.2) is 0 Å². The van der Waals surface area contributed by atoms with Gasteiger partial charge in [0.15, 0.2) is 0 Å². The lowest BCUT2D eigenvalue weighted by Crippen LogP contribution is -2.59. The van der Waals surface area contributed by atoms with Gasteiger partial charge in [-0.05, 0) is 39.0 Å². The highest BCUT2D eigenvalue weighted by atomic mass is 16.2. The van der Waals surface area contributed by atoms with E-state index in [0.717, 1.165) is 19.3 Å². The first-order valence-electron chi connectivity index (χ1n) is 7.83. The van der Waals surface area contributed by atoms with Crippen LogP contribution < -0.4 is 10.6 Å². The van der Waals surface area contributed by atoms with E-state index in [1.54, 1.807) is 4.90 Å². The van der Waals surface area contributed by atoms with E-state index < -0.39 is 6.04 Å². The molecule has 0 aromatic carbocycles. The van der Waals surface area contributed by atoms with Gasteiger partial charge in [-0.25, -0.2) is 0 Å². The van der Waals surface area contributed by atoms with Crippen molar-refractivity contribution in [2.24, 2.45) is 0 Å². The molecule has 0 radical (unpaired) electrons. The third-order valence-electron chi connectivity index (χ3n) is 4.52. The number of amides is 3. The molecule has 2 fully saturated rings. The second-order valence-electron chi connectivity index (χ2n) is 6.14. The SMILES string of the molecule is CC[C@H](C)NC(=O)[C@@H]1CCC2CC[C@H](NC(C)=O)C(=O)N21. The van der Waals surface area contributed by atoms with E-state index in [1.165, 1.54) is 6.92 Å². The maximum absolute atomic E-state index is 12.5. The summed E-state index contributed by atoms with van der Waals surface area (Å²) in [5.74, 6) is -0.376. The largest absolute Gasteiger partial charge is 0.352 e. The van der Waals surface area contributed by atoms with Crippen molar-refractivity contribution in [3.63, 3.8) is 0 Å². The van der Waals surface area contributed by atoms with Crippen molar-refractivity contribution in [3.8, 4) is 0 Å². The van der Waals surface area contributed by atoms with Gasteiger partial charge < -0.3 is 15.5 Å². The first-order chi connectivity index (χ1) is 9.93. The van der Waals surface area contributed by atoms with Crippen LogP contribution >= 0.6 is 0 Å². The topological polar surface area (TPSA) is 78.5 Å². The molecule has 21 heavy (non-hydrogen) atoms. The number of carbonyl (C=O) groups excluding carboxylic acids is 3. The molecule has 2 aliphatic heterocycles. The lowest BCUT2D eigenvalue weighted by Gasteiger charge is -2.37. The number of rotatable bonds is 4. The Labute approximate surface area is 125 Å². The molecule has 2 N–H and O–H groups in total. The molecule has 0 bridgehead atoms. The Morgan fingerprint density at radius 2 is 1.95 bits per heavy atom. The van der Waals surface area contributed by atoms with Crippen LogP contribution in [0.4, 0.5) is 0 Å². The number of carbonyl (C=O) groups is 3. The Morgan fingerprint density at radius 1 is 1.29 bits per heavy atom. The van der Waals surface area contributed by atoms with Gasteiger partial charge in [-0.3, -0.25) is 14.4 Å². The predicted octanol–water partition coefficient (Wildman–Crippen LogP) is 0.559. The van der Waals surface area contributed by atoms with Crippen LogP contribution in [0, 0.1) is 0 Å². The lowest BCUT2D eigenvalue weighted by atomic mass is 9.98. The van der Waals surface area contributed by atoms with Crippen molar-refractivity contribution in [2.45, 2.75) is 77.0 Å². The number of piperidine rings is 1. The molecule has 2 rings (SSSR count). The molecule has 4 atom stereocenters. The fraction of sp³-hybridized carbons (Fsp3) is 0.800. The van der Waals surface area contributed by atoms with Crippen LogP contribution in [0.5, 0.6) is 0 Å². The summed E-state index contributed by atoms with van der Waals surface area (Å²) in [7, 11) is 0. The smallest absolute Gasteiger partial charge is 0.246 e. The Morgan fingerprint density at radius 3 is 2.57 bits per heavy atom. The number of nitrogens with zero attached hydrogens (tertiary/aromatic N) is 1. The van der Waals surface area contributed by atoms with E-state index in [9.17, 15) is 14.4 Å². The number of fused-ring (bicyclic) bond motifs is 1. The number of nitrogens with one attached hydrogen (secondary N) is 2. The molecule has 3 amide bonds. The summed E-state index contributed by atoms with van der Waals surface area (Å²) >= 11 is 0. The minimum absolute atomic E-state index is 0.0660. The quantitative estimate of drug-likeness (QED) is 0.795. The van der Waals surface area contributed by atoms with Crippen molar-refractivity contribution in [3.05, 3.63) is 0 Å². The Bertz CT molecular complexity index is 438. The van der Waals surface area contributed by atoms with Gasteiger partial charge in [0.05, 0.1) is 0 Å². The molecule has 0 aromatic rings. The Hall–Kier alpha value is -1.59. The zero-order chi connectivity index (χ0) is 15.6. The maximum Gasteiger partial charge on any atom is 0.246 e. The first kappa shape index (κ1) is 15.8. The molecule has 0 saturated carbocycles. The van der Waals surface area contributed by atoms with Gasteiger partial charge >= 0.3 is 0 Å². The first-order valence-corrected chi connectivity index (χ1v) is 7.83. The summed E-state index contributed by atoms with van der Waals surface area (Å²) in [6, 6.07) is -0.596. The Kier molecular flexibility index (Phi) is 4.85. The average molecular weight is 295 g/mol. The third-order valence-corrected chi connectivity index (χ3v) is 4.52. The highest BCUT2D eigenvalue weighted by Crippen LogP contribution is 2.32. The minimum Gasteiger partial charge on any atom is -0.352 e. The van der Waals surface area contributed by atoms with Gasteiger partial charge in [-0.2, -0.15) is 0 Å². The summed E-state index contributed by atoms with van der Waals surface area (Å²) in [6.45, 7) is 5.39. The van der Waals surface area contributed by atoms with Gasteiger partial charge in [-0.15, -0.1) is 0 Å². The Balaban J connectivity index is 2.07. The van der Waals surface area contributed by atoms with Crippen molar-refractivity contribution >= 4 is 17.7 Å².